The van der Waals surface area contributed by atoms with Crippen LogP contribution in [0.4, 0.5) is 5.69 Å². The Morgan fingerprint density at radius 1 is 1.03 bits per heavy atom. The van der Waals surface area contributed by atoms with Crippen LogP contribution in [0.15, 0.2) is 60.7 Å². The molecule has 0 radical (unpaired) electrons. The van der Waals surface area contributed by atoms with Crippen molar-refractivity contribution in [1.29, 1.82) is 0 Å². The molecule has 0 atom stereocenters. The van der Waals surface area contributed by atoms with E-state index in [9.17, 15) is 13.2 Å². The number of halogens is 1. The Morgan fingerprint density at radius 2 is 1.62 bits per heavy atom. The molecule has 3 N–H and O–H groups in total. The zero-order chi connectivity index (χ0) is 22.9. The second-order valence-corrected chi connectivity index (χ2v) is 9.63. The number of hydrogen-bond donors (Lipinski definition) is 3. The van der Waals surface area contributed by atoms with Gasteiger partial charge in [-0.15, -0.1) is 0 Å². The van der Waals surface area contributed by atoms with Crippen molar-refractivity contribution in [3.63, 3.8) is 0 Å². The molecular formula is C23H20ClN3O4S. The summed E-state index contributed by atoms with van der Waals surface area (Å²) in [6, 6.07) is 18.7. The van der Waals surface area contributed by atoms with Crippen molar-refractivity contribution in [1.82, 2.24) is 10.2 Å². The number of rotatable bonds is 7. The number of nitrogens with zero attached hydrogens (tertiary/aromatic N) is 1. The summed E-state index contributed by atoms with van der Waals surface area (Å²) >= 11 is 6.50. The fourth-order valence-corrected chi connectivity index (χ4v) is 4.35. The average molecular weight is 470 g/mol. The second kappa shape index (κ2) is 8.64. The van der Waals surface area contributed by atoms with Gasteiger partial charge in [-0.3, -0.25) is 14.6 Å². The first-order valence-electron chi connectivity index (χ1n) is 9.76. The van der Waals surface area contributed by atoms with Crippen LogP contribution in [0, 0.1) is 0 Å². The molecule has 4 aromatic rings. The zero-order valence-electron chi connectivity index (χ0n) is 17.1. The van der Waals surface area contributed by atoms with Crippen molar-refractivity contribution in [2.75, 3.05) is 11.0 Å². The smallest absolute Gasteiger partial charge is 0.303 e. The lowest BCUT2D eigenvalue weighted by molar-refractivity contribution is -0.136. The van der Waals surface area contributed by atoms with Crippen molar-refractivity contribution in [2.24, 2.45) is 0 Å². The predicted octanol–water partition coefficient (Wildman–Crippen LogP) is 4.94. The maximum atomic E-state index is 11.4. The number of carbonyl (C=O) groups is 1. The molecule has 1 aromatic heterocycles. The molecule has 0 amide bonds. The molecule has 0 fully saturated rings. The van der Waals surface area contributed by atoms with E-state index in [1.807, 2.05) is 42.5 Å². The molecule has 3 aromatic carbocycles. The van der Waals surface area contributed by atoms with Crippen molar-refractivity contribution in [3.8, 4) is 22.3 Å². The van der Waals surface area contributed by atoms with Gasteiger partial charge >= 0.3 is 5.97 Å². The van der Waals surface area contributed by atoms with Gasteiger partial charge in [0.05, 0.1) is 28.9 Å². The number of aliphatic carboxylic acids is 1. The van der Waals surface area contributed by atoms with Gasteiger partial charge in [0, 0.05) is 23.1 Å². The third-order valence-corrected chi connectivity index (χ3v) is 5.94. The molecule has 0 spiro atoms. The number of H-pyrrole nitrogens is 1. The van der Waals surface area contributed by atoms with Gasteiger partial charge in [-0.05, 0) is 41.0 Å². The Morgan fingerprint density at radius 3 is 2.22 bits per heavy atom. The highest BCUT2D eigenvalue weighted by Gasteiger charge is 2.13. The summed E-state index contributed by atoms with van der Waals surface area (Å²) in [6.07, 6.45) is 1.45. The van der Waals surface area contributed by atoms with E-state index in [0.717, 1.165) is 39.4 Å². The first kappa shape index (κ1) is 21.9. The summed E-state index contributed by atoms with van der Waals surface area (Å²) in [7, 11) is -3.32. The normalized spacial score (nSPS) is 11.6. The first-order valence-corrected chi connectivity index (χ1v) is 12.0. The van der Waals surface area contributed by atoms with Gasteiger partial charge in [-0.2, -0.15) is 5.10 Å². The number of nitrogens with one attached hydrogen (secondary N) is 2. The number of hydrogen-bond acceptors (Lipinski definition) is 4. The summed E-state index contributed by atoms with van der Waals surface area (Å²) in [4.78, 5) is 10.9. The third-order valence-electron chi connectivity index (χ3n) is 5.02. The van der Waals surface area contributed by atoms with E-state index >= 15 is 0 Å². The SMILES string of the molecule is CS(=O)(=O)Nc1ccc(-c2ccc(-c3cc4c(CCC(=O)O)n[nH]c4cc3Cl)cc2)cc1. The number of aromatic amines is 1. The number of aryl methyl sites for hydroxylation is 1. The molecule has 0 aliphatic heterocycles. The fourth-order valence-electron chi connectivity index (χ4n) is 3.52. The summed E-state index contributed by atoms with van der Waals surface area (Å²) in [5.74, 6) is -0.869. The highest BCUT2D eigenvalue weighted by atomic mass is 35.5. The van der Waals surface area contributed by atoms with Crippen molar-refractivity contribution >= 4 is 44.2 Å². The zero-order valence-corrected chi connectivity index (χ0v) is 18.7. The van der Waals surface area contributed by atoms with E-state index in [-0.39, 0.29) is 6.42 Å². The molecule has 0 saturated carbocycles. The average Bonchev–Trinajstić information content (AvgIpc) is 3.13. The topological polar surface area (TPSA) is 112 Å². The minimum atomic E-state index is -3.32. The van der Waals surface area contributed by atoms with E-state index in [1.54, 1.807) is 18.2 Å². The van der Waals surface area contributed by atoms with Crippen LogP contribution >= 0.6 is 11.6 Å². The van der Waals surface area contributed by atoms with Gasteiger partial charge in [-0.25, -0.2) is 8.42 Å². The largest absolute Gasteiger partial charge is 0.481 e. The number of carboxylic acid groups (broad SMARTS) is 1. The Balaban J connectivity index is 1.61. The van der Waals surface area contributed by atoms with Gasteiger partial charge in [0.25, 0.3) is 0 Å². The number of benzene rings is 3. The Hall–Kier alpha value is -3.36. The van der Waals surface area contributed by atoms with Crippen molar-refractivity contribution in [3.05, 3.63) is 71.4 Å². The molecule has 0 aliphatic rings. The van der Waals surface area contributed by atoms with Crippen LogP contribution in [-0.2, 0) is 21.2 Å². The molecule has 164 valence electrons. The van der Waals surface area contributed by atoms with E-state index in [0.29, 0.717) is 22.8 Å². The molecule has 4 rings (SSSR count). The summed E-state index contributed by atoms with van der Waals surface area (Å²) in [6.45, 7) is 0. The summed E-state index contributed by atoms with van der Waals surface area (Å²) in [5.41, 5.74) is 5.63. The van der Waals surface area contributed by atoms with Crippen LogP contribution in [0.3, 0.4) is 0 Å². The number of sulfonamides is 1. The first-order chi connectivity index (χ1) is 15.2. The van der Waals surface area contributed by atoms with E-state index in [4.69, 9.17) is 16.7 Å². The summed E-state index contributed by atoms with van der Waals surface area (Å²) < 4.78 is 25.2. The van der Waals surface area contributed by atoms with Crippen molar-refractivity contribution < 1.29 is 18.3 Å². The van der Waals surface area contributed by atoms with E-state index < -0.39 is 16.0 Å². The van der Waals surface area contributed by atoms with Crippen LogP contribution in [0.2, 0.25) is 5.02 Å². The lowest BCUT2D eigenvalue weighted by Crippen LogP contribution is -2.09. The predicted molar refractivity (Wildman–Crippen MR) is 126 cm³/mol. The van der Waals surface area contributed by atoms with E-state index in [2.05, 4.69) is 14.9 Å². The fraction of sp³-hybridized carbons (Fsp3) is 0.130. The monoisotopic (exact) mass is 469 g/mol. The number of anilines is 1. The van der Waals surface area contributed by atoms with Crippen LogP contribution in [0.5, 0.6) is 0 Å². The van der Waals surface area contributed by atoms with Gasteiger partial charge < -0.3 is 5.11 Å². The number of aromatic nitrogens is 2. The number of fused-ring (bicyclic) bond motifs is 1. The van der Waals surface area contributed by atoms with Crippen LogP contribution in [-0.4, -0.2) is 35.9 Å². The van der Waals surface area contributed by atoms with Gasteiger partial charge in [-0.1, -0.05) is 48.0 Å². The minimum absolute atomic E-state index is 0.00507. The Bertz CT molecular complexity index is 1400. The molecule has 0 saturated heterocycles. The molecular weight excluding hydrogens is 450 g/mol. The molecule has 32 heavy (non-hydrogen) atoms. The molecule has 7 nitrogen and oxygen atoms in total. The van der Waals surface area contributed by atoms with Gasteiger partial charge in [0.15, 0.2) is 0 Å². The quantitative estimate of drug-likeness (QED) is 0.355. The standard InChI is InChI=1S/C23H20ClN3O4S/c1-32(30,31)27-17-8-6-15(7-9-17)14-2-4-16(5-3-14)18-12-19-21(10-11-23(28)29)25-26-22(19)13-20(18)24/h2-9,12-13,27H,10-11H2,1H3,(H,25,26)(H,28,29). The van der Waals surface area contributed by atoms with Crippen molar-refractivity contribution in [2.45, 2.75) is 12.8 Å². The molecule has 0 bridgehead atoms. The number of carboxylic acids is 1. The van der Waals surface area contributed by atoms with Crippen LogP contribution < -0.4 is 4.72 Å². The molecule has 1 heterocycles. The molecule has 0 unspecified atom stereocenters. The van der Waals surface area contributed by atoms with Crippen LogP contribution in [0.1, 0.15) is 12.1 Å². The lowest BCUT2D eigenvalue weighted by Gasteiger charge is -2.09. The maximum Gasteiger partial charge on any atom is 0.303 e. The second-order valence-electron chi connectivity index (χ2n) is 7.47. The summed E-state index contributed by atoms with van der Waals surface area (Å²) in [5, 5.41) is 17.5. The highest BCUT2D eigenvalue weighted by Crippen LogP contribution is 2.34. The molecule has 9 heteroatoms. The van der Waals surface area contributed by atoms with Gasteiger partial charge in [0.2, 0.25) is 10.0 Å². The minimum Gasteiger partial charge on any atom is -0.481 e. The van der Waals surface area contributed by atoms with Crippen LogP contribution in [0.25, 0.3) is 33.2 Å². The Labute approximate surface area is 190 Å². The highest BCUT2D eigenvalue weighted by molar-refractivity contribution is 7.92. The Kier molecular flexibility index (Phi) is 5.90. The lowest BCUT2D eigenvalue weighted by atomic mass is 9.98. The van der Waals surface area contributed by atoms with Gasteiger partial charge in [0.1, 0.15) is 0 Å². The molecule has 0 aliphatic carbocycles. The third kappa shape index (κ3) is 4.92. The van der Waals surface area contributed by atoms with E-state index in [1.165, 1.54) is 0 Å². The maximum absolute atomic E-state index is 11.4.